The average molecular weight is 377 g/mol. The molecule has 0 unspecified atom stereocenters. The van der Waals surface area contributed by atoms with E-state index in [1.54, 1.807) is 6.92 Å². The van der Waals surface area contributed by atoms with E-state index in [0.717, 1.165) is 10.4 Å². The van der Waals surface area contributed by atoms with Gasteiger partial charge in [0.1, 0.15) is 10.8 Å². The number of rotatable bonds is 4. The number of thiophene rings is 1. The van der Waals surface area contributed by atoms with Gasteiger partial charge < -0.3 is 14.8 Å². The molecule has 0 bridgehead atoms. The van der Waals surface area contributed by atoms with Gasteiger partial charge in [-0.25, -0.2) is 9.18 Å². The Bertz CT molecular complexity index is 842. The molecule has 0 saturated carbocycles. The number of hydrogen-bond donors (Lipinski definition) is 1. The molecule has 1 aromatic carbocycles. The number of amides is 1. The van der Waals surface area contributed by atoms with E-state index in [-0.39, 0.29) is 6.61 Å². The number of nitrogens with one attached hydrogen (secondary N) is 1. The highest BCUT2D eigenvalue weighted by atomic mass is 32.1. The number of fused-ring (bicyclic) bond motifs is 1. The van der Waals surface area contributed by atoms with Crippen LogP contribution in [0.3, 0.4) is 0 Å². The molecule has 0 aliphatic carbocycles. The zero-order chi connectivity index (χ0) is 18.9. The first-order valence-corrected chi connectivity index (χ1v) is 9.15. The van der Waals surface area contributed by atoms with Crippen LogP contribution in [0.4, 0.5) is 9.39 Å². The quantitative estimate of drug-likeness (QED) is 0.813. The largest absolute Gasteiger partial charge is 0.462 e. The van der Waals surface area contributed by atoms with Crippen LogP contribution in [0.1, 0.15) is 51.9 Å². The fraction of sp³-hybridized carbons (Fsp3) is 0.368. The maximum Gasteiger partial charge on any atom is 0.341 e. The summed E-state index contributed by atoms with van der Waals surface area (Å²) >= 11 is 1.31. The molecule has 0 atom stereocenters. The van der Waals surface area contributed by atoms with E-state index < -0.39 is 23.3 Å². The number of esters is 1. The summed E-state index contributed by atoms with van der Waals surface area (Å²) < 4.78 is 24.1. The molecule has 26 heavy (non-hydrogen) atoms. The van der Waals surface area contributed by atoms with Crippen LogP contribution in [0, 0.1) is 5.82 Å². The van der Waals surface area contributed by atoms with Crippen molar-refractivity contribution in [1.82, 2.24) is 0 Å². The average Bonchev–Trinajstić information content (AvgIpc) is 2.91. The molecule has 2 heterocycles. The molecular formula is C19H20FNO4S. The van der Waals surface area contributed by atoms with Crippen molar-refractivity contribution in [2.45, 2.75) is 39.4 Å². The molecule has 1 aliphatic heterocycles. The van der Waals surface area contributed by atoms with Crippen molar-refractivity contribution >= 4 is 28.2 Å². The predicted molar refractivity (Wildman–Crippen MR) is 97.2 cm³/mol. The molecule has 2 aromatic rings. The first kappa shape index (κ1) is 18.5. The fourth-order valence-corrected chi connectivity index (χ4v) is 3.95. The van der Waals surface area contributed by atoms with Crippen LogP contribution < -0.4 is 5.32 Å². The van der Waals surface area contributed by atoms with Gasteiger partial charge in [-0.15, -0.1) is 11.3 Å². The molecule has 0 saturated heterocycles. The van der Waals surface area contributed by atoms with E-state index in [9.17, 15) is 14.0 Å². The molecule has 138 valence electrons. The number of carbonyl (C=O) groups excluding carboxylic acids is 2. The minimum absolute atomic E-state index is 0.245. The van der Waals surface area contributed by atoms with Gasteiger partial charge in [0.25, 0.3) is 5.91 Å². The van der Waals surface area contributed by atoms with E-state index in [1.165, 1.54) is 35.6 Å². The molecule has 3 rings (SSSR count). The lowest BCUT2D eigenvalue weighted by Crippen LogP contribution is -2.32. The zero-order valence-electron chi connectivity index (χ0n) is 14.8. The predicted octanol–water partition coefficient (Wildman–Crippen LogP) is 4.17. The van der Waals surface area contributed by atoms with Crippen LogP contribution in [-0.2, 0) is 22.5 Å². The van der Waals surface area contributed by atoms with Gasteiger partial charge >= 0.3 is 5.97 Å². The maximum absolute atomic E-state index is 13.1. The highest BCUT2D eigenvalue weighted by Crippen LogP contribution is 2.41. The fourth-order valence-electron chi connectivity index (χ4n) is 2.84. The summed E-state index contributed by atoms with van der Waals surface area (Å²) in [6, 6.07) is 5.23. The summed E-state index contributed by atoms with van der Waals surface area (Å²) in [5, 5.41) is 3.21. The van der Waals surface area contributed by atoms with Gasteiger partial charge in [0.2, 0.25) is 0 Å². The molecule has 1 aliphatic rings. The zero-order valence-corrected chi connectivity index (χ0v) is 15.7. The number of ether oxygens (including phenoxy) is 2. The molecule has 0 fully saturated rings. The van der Waals surface area contributed by atoms with Crippen LogP contribution in [-0.4, -0.2) is 24.1 Å². The third-order valence-corrected chi connectivity index (χ3v) is 5.22. The first-order valence-electron chi connectivity index (χ1n) is 8.33. The van der Waals surface area contributed by atoms with Crippen molar-refractivity contribution in [3.8, 4) is 0 Å². The third kappa shape index (κ3) is 3.78. The van der Waals surface area contributed by atoms with Crippen LogP contribution in [0.15, 0.2) is 24.3 Å². The Morgan fingerprint density at radius 2 is 2.00 bits per heavy atom. The summed E-state index contributed by atoms with van der Waals surface area (Å²) in [4.78, 5) is 25.9. The van der Waals surface area contributed by atoms with Crippen LogP contribution >= 0.6 is 11.3 Å². The molecule has 1 N–H and O–H groups in total. The number of benzene rings is 1. The van der Waals surface area contributed by atoms with Gasteiger partial charge in [0.15, 0.2) is 0 Å². The number of carbonyl (C=O) groups is 2. The summed E-state index contributed by atoms with van der Waals surface area (Å²) in [7, 11) is 0. The smallest absolute Gasteiger partial charge is 0.341 e. The highest BCUT2D eigenvalue weighted by Gasteiger charge is 2.34. The van der Waals surface area contributed by atoms with E-state index in [2.05, 4.69) is 5.32 Å². The third-order valence-electron chi connectivity index (χ3n) is 4.10. The summed E-state index contributed by atoms with van der Waals surface area (Å²) in [5.74, 6) is -1.29. The number of hydrogen-bond acceptors (Lipinski definition) is 5. The van der Waals surface area contributed by atoms with Gasteiger partial charge in [-0.3, -0.25) is 4.79 Å². The first-order chi connectivity index (χ1) is 12.3. The molecular weight excluding hydrogens is 357 g/mol. The molecule has 0 spiro atoms. The second-order valence-corrected chi connectivity index (χ2v) is 7.72. The Hall–Kier alpha value is -2.25. The normalized spacial score (nSPS) is 15.2. The molecule has 5 nitrogen and oxygen atoms in total. The SMILES string of the molecule is CCOC(=O)c1c(NC(=O)c2ccc(F)cc2)sc2c1CC(C)(C)OC2. The lowest BCUT2D eigenvalue weighted by atomic mass is 9.93. The Balaban J connectivity index is 1.96. The summed E-state index contributed by atoms with van der Waals surface area (Å²) in [6.07, 6.45) is 0.555. The Morgan fingerprint density at radius 1 is 1.31 bits per heavy atom. The van der Waals surface area contributed by atoms with Crippen molar-refractivity contribution < 1.29 is 23.5 Å². The van der Waals surface area contributed by atoms with Crippen LogP contribution in [0.5, 0.6) is 0 Å². The minimum Gasteiger partial charge on any atom is -0.462 e. The van der Waals surface area contributed by atoms with Crippen molar-refractivity contribution in [2.75, 3.05) is 11.9 Å². The van der Waals surface area contributed by atoms with Gasteiger partial charge in [0.05, 0.1) is 24.4 Å². The van der Waals surface area contributed by atoms with Gasteiger partial charge in [-0.2, -0.15) is 0 Å². The van der Waals surface area contributed by atoms with Gasteiger partial charge in [-0.1, -0.05) is 0 Å². The summed E-state index contributed by atoms with van der Waals surface area (Å²) in [5.41, 5.74) is 1.16. The Labute approximate surface area is 155 Å². The van der Waals surface area contributed by atoms with Crippen molar-refractivity contribution in [1.29, 1.82) is 0 Å². The van der Waals surface area contributed by atoms with E-state index >= 15 is 0 Å². The minimum atomic E-state index is -0.461. The Kier molecular flexibility index (Phi) is 5.11. The van der Waals surface area contributed by atoms with E-state index in [0.29, 0.717) is 29.2 Å². The van der Waals surface area contributed by atoms with Gasteiger partial charge in [0, 0.05) is 16.9 Å². The lowest BCUT2D eigenvalue weighted by Gasteiger charge is -2.30. The Morgan fingerprint density at radius 3 is 2.65 bits per heavy atom. The van der Waals surface area contributed by atoms with Crippen LogP contribution in [0.25, 0.3) is 0 Å². The van der Waals surface area contributed by atoms with Crippen LogP contribution in [0.2, 0.25) is 0 Å². The van der Waals surface area contributed by atoms with Gasteiger partial charge in [-0.05, 0) is 50.6 Å². The monoisotopic (exact) mass is 377 g/mol. The molecule has 0 radical (unpaired) electrons. The molecule has 7 heteroatoms. The van der Waals surface area contributed by atoms with Crippen molar-refractivity contribution in [3.05, 3.63) is 51.7 Å². The topological polar surface area (TPSA) is 64.6 Å². The second-order valence-electron chi connectivity index (χ2n) is 6.61. The number of anilines is 1. The molecule has 1 aromatic heterocycles. The highest BCUT2D eigenvalue weighted by molar-refractivity contribution is 7.17. The lowest BCUT2D eigenvalue weighted by molar-refractivity contribution is -0.0384. The molecule has 1 amide bonds. The van der Waals surface area contributed by atoms with E-state index in [4.69, 9.17) is 9.47 Å². The van der Waals surface area contributed by atoms with E-state index in [1.807, 2.05) is 13.8 Å². The van der Waals surface area contributed by atoms with Crippen molar-refractivity contribution in [2.24, 2.45) is 0 Å². The maximum atomic E-state index is 13.1. The number of halogens is 1. The second kappa shape index (κ2) is 7.17. The summed E-state index contributed by atoms with van der Waals surface area (Å²) in [6.45, 7) is 6.28. The standard InChI is InChI=1S/C19H20FNO4S/c1-4-24-18(23)15-13-9-19(2,3)25-10-14(13)26-17(15)21-16(22)11-5-7-12(20)8-6-11/h5-8H,4,9-10H2,1-3H3,(H,21,22). The van der Waals surface area contributed by atoms with Crippen molar-refractivity contribution in [3.63, 3.8) is 0 Å².